The van der Waals surface area contributed by atoms with E-state index in [4.69, 9.17) is 4.74 Å². The molecule has 0 bridgehead atoms. The predicted molar refractivity (Wildman–Crippen MR) is 78.0 cm³/mol. The molecule has 1 rings (SSSR count). The van der Waals surface area contributed by atoms with Gasteiger partial charge in [-0.2, -0.15) is 0 Å². The number of rotatable bonds is 7. The van der Waals surface area contributed by atoms with Crippen LogP contribution >= 0.6 is 0 Å². The van der Waals surface area contributed by atoms with Crippen molar-refractivity contribution in [2.24, 2.45) is 5.92 Å². The zero-order chi connectivity index (χ0) is 13.5. The Morgan fingerprint density at radius 1 is 1.17 bits per heavy atom. The summed E-state index contributed by atoms with van der Waals surface area (Å²) in [5.41, 5.74) is 0. The maximum atomic E-state index is 5.71. The summed E-state index contributed by atoms with van der Waals surface area (Å²) in [7, 11) is 0. The van der Waals surface area contributed by atoms with E-state index in [0.29, 0.717) is 24.1 Å². The zero-order valence-electron chi connectivity index (χ0n) is 12.9. The highest BCUT2D eigenvalue weighted by atomic mass is 16.5. The summed E-state index contributed by atoms with van der Waals surface area (Å²) in [6.07, 6.45) is 2.90. The van der Waals surface area contributed by atoms with E-state index in [9.17, 15) is 0 Å². The molecule has 18 heavy (non-hydrogen) atoms. The van der Waals surface area contributed by atoms with Crippen LogP contribution in [-0.2, 0) is 4.74 Å². The van der Waals surface area contributed by atoms with E-state index >= 15 is 0 Å². The minimum absolute atomic E-state index is 0.502. The molecular weight excluding hydrogens is 224 g/mol. The summed E-state index contributed by atoms with van der Waals surface area (Å²) in [5, 5.41) is 3.54. The minimum Gasteiger partial charge on any atom is -0.378 e. The second kappa shape index (κ2) is 8.13. The number of ether oxygens (including phenoxy) is 1. The molecule has 1 aliphatic rings. The summed E-state index contributed by atoms with van der Waals surface area (Å²) in [5.74, 6) is 0.705. The Hall–Kier alpha value is -0.120. The molecule has 3 nitrogen and oxygen atoms in total. The Labute approximate surface area is 113 Å². The topological polar surface area (TPSA) is 24.5 Å². The van der Waals surface area contributed by atoms with Crippen molar-refractivity contribution in [2.75, 3.05) is 26.2 Å². The molecule has 2 atom stereocenters. The van der Waals surface area contributed by atoms with Crippen LogP contribution < -0.4 is 5.32 Å². The van der Waals surface area contributed by atoms with E-state index in [1.165, 1.54) is 25.9 Å². The van der Waals surface area contributed by atoms with Gasteiger partial charge >= 0.3 is 0 Å². The van der Waals surface area contributed by atoms with Crippen LogP contribution in [0.5, 0.6) is 0 Å². The van der Waals surface area contributed by atoms with Gasteiger partial charge in [0.1, 0.15) is 0 Å². The van der Waals surface area contributed by atoms with E-state index in [1.54, 1.807) is 0 Å². The Morgan fingerprint density at radius 2 is 1.78 bits per heavy atom. The highest BCUT2D eigenvalue weighted by molar-refractivity contribution is 4.80. The minimum atomic E-state index is 0.502. The molecule has 1 heterocycles. The van der Waals surface area contributed by atoms with Gasteiger partial charge in [-0.3, -0.25) is 0 Å². The van der Waals surface area contributed by atoms with Gasteiger partial charge in [-0.1, -0.05) is 20.8 Å². The van der Waals surface area contributed by atoms with Crippen LogP contribution in [0.1, 0.15) is 47.5 Å². The van der Waals surface area contributed by atoms with E-state index in [1.807, 2.05) is 0 Å². The van der Waals surface area contributed by atoms with Gasteiger partial charge in [0.05, 0.1) is 6.10 Å². The number of hydrogen-bond donors (Lipinski definition) is 1. The van der Waals surface area contributed by atoms with Crippen LogP contribution in [0.4, 0.5) is 0 Å². The standard InChI is InChI=1S/C15H32N2O/c1-6-18-15-7-9-17(10-8-15)14(5)13(4)11-16-12(2)3/h12-16H,6-11H2,1-5H3. The average Bonchev–Trinajstić information content (AvgIpc) is 2.36. The van der Waals surface area contributed by atoms with E-state index in [2.05, 4.69) is 44.8 Å². The molecule has 1 saturated heterocycles. The second-order valence-electron chi connectivity index (χ2n) is 5.97. The van der Waals surface area contributed by atoms with Crippen molar-refractivity contribution in [1.29, 1.82) is 0 Å². The molecule has 0 aromatic rings. The molecule has 3 heteroatoms. The molecular formula is C15H32N2O. The van der Waals surface area contributed by atoms with Crippen molar-refractivity contribution in [3.05, 3.63) is 0 Å². The van der Waals surface area contributed by atoms with Gasteiger partial charge in [0, 0.05) is 31.8 Å². The SMILES string of the molecule is CCOC1CCN(C(C)C(C)CNC(C)C)CC1. The van der Waals surface area contributed by atoms with Crippen LogP contribution in [0, 0.1) is 5.92 Å². The first-order chi connectivity index (χ1) is 8.54. The molecule has 0 saturated carbocycles. The van der Waals surface area contributed by atoms with Crippen LogP contribution in [0.2, 0.25) is 0 Å². The lowest BCUT2D eigenvalue weighted by atomic mass is 9.98. The maximum Gasteiger partial charge on any atom is 0.0599 e. The van der Waals surface area contributed by atoms with Crippen LogP contribution in [0.3, 0.4) is 0 Å². The van der Waals surface area contributed by atoms with Gasteiger partial charge in [0.25, 0.3) is 0 Å². The van der Waals surface area contributed by atoms with Crippen molar-refractivity contribution in [1.82, 2.24) is 10.2 Å². The number of nitrogens with one attached hydrogen (secondary N) is 1. The molecule has 0 aliphatic carbocycles. The summed E-state index contributed by atoms with van der Waals surface area (Å²) in [6.45, 7) is 15.6. The number of nitrogens with zero attached hydrogens (tertiary/aromatic N) is 1. The quantitative estimate of drug-likeness (QED) is 0.757. The number of hydrogen-bond acceptors (Lipinski definition) is 3. The van der Waals surface area contributed by atoms with Crippen LogP contribution in [0.25, 0.3) is 0 Å². The molecule has 2 unspecified atom stereocenters. The van der Waals surface area contributed by atoms with Gasteiger partial charge in [0.15, 0.2) is 0 Å². The van der Waals surface area contributed by atoms with Crippen LogP contribution in [0.15, 0.2) is 0 Å². The van der Waals surface area contributed by atoms with Crippen molar-refractivity contribution >= 4 is 0 Å². The van der Waals surface area contributed by atoms with Gasteiger partial charge in [0.2, 0.25) is 0 Å². The Morgan fingerprint density at radius 3 is 2.28 bits per heavy atom. The fourth-order valence-corrected chi connectivity index (χ4v) is 2.64. The van der Waals surface area contributed by atoms with E-state index in [-0.39, 0.29) is 0 Å². The summed E-state index contributed by atoms with van der Waals surface area (Å²) >= 11 is 0. The third-order valence-electron chi connectivity index (χ3n) is 4.13. The van der Waals surface area contributed by atoms with Gasteiger partial charge in [-0.05, 0) is 39.2 Å². The van der Waals surface area contributed by atoms with E-state index < -0.39 is 0 Å². The molecule has 1 fully saturated rings. The van der Waals surface area contributed by atoms with E-state index in [0.717, 1.165) is 13.2 Å². The highest BCUT2D eigenvalue weighted by Gasteiger charge is 2.25. The largest absolute Gasteiger partial charge is 0.378 e. The molecule has 0 aromatic carbocycles. The highest BCUT2D eigenvalue weighted by Crippen LogP contribution is 2.19. The lowest BCUT2D eigenvalue weighted by Crippen LogP contribution is -2.47. The number of likely N-dealkylation sites (tertiary alicyclic amines) is 1. The van der Waals surface area contributed by atoms with Gasteiger partial charge in [-0.15, -0.1) is 0 Å². The van der Waals surface area contributed by atoms with Crippen molar-refractivity contribution in [3.8, 4) is 0 Å². The first-order valence-electron chi connectivity index (χ1n) is 7.63. The monoisotopic (exact) mass is 256 g/mol. The van der Waals surface area contributed by atoms with Crippen molar-refractivity contribution < 1.29 is 4.74 Å². The molecule has 1 N–H and O–H groups in total. The van der Waals surface area contributed by atoms with Crippen LogP contribution in [-0.4, -0.2) is 49.3 Å². The predicted octanol–water partition coefficient (Wildman–Crippen LogP) is 2.51. The summed E-state index contributed by atoms with van der Waals surface area (Å²) < 4.78 is 5.71. The fraction of sp³-hybridized carbons (Fsp3) is 1.00. The molecule has 0 radical (unpaired) electrons. The second-order valence-corrected chi connectivity index (χ2v) is 5.97. The average molecular weight is 256 g/mol. The smallest absolute Gasteiger partial charge is 0.0599 e. The first kappa shape index (κ1) is 15.9. The zero-order valence-corrected chi connectivity index (χ0v) is 12.9. The van der Waals surface area contributed by atoms with Crippen molar-refractivity contribution in [2.45, 2.75) is 65.6 Å². The lowest BCUT2D eigenvalue weighted by Gasteiger charge is -2.38. The summed E-state index contributed by atoms with van der Waals surface area (Å²) in [6, 6.07) is 1.25. The molecule has 0 spiro atoms. The van der Waals surface area contributed by atoms with Crippen molar-refractivity contribution in [3.63, 3.8) is 0 Å². The molecule has 0 amide bonds. The van der Waals surface area contributed by atoms with Gasteiger partial charge < -0.3 is 15.0 Å². The molecule has 0 aromatic heterocycles. The normalized spacial score (nSPS) is 22.3. The van der Waals surface area contributed by atoms with Gasteiger partial charge in [-0.25, -0.2) is 0 Å². The molecule has 1 aliphatic heterocycles. The third kappa shape index (κ3) is 5.25. The summed E-state index contributed by atoms with van der Waals surface area (Å²) in [4.78, 5) is 2.63. The number of piperidine rings is 1. The third-order valence-corrected chi connectivity index (χ3v) is 4.13. The fourth-order valence-electron chi connectivity index (χ4n) is 2.64. The maximum absolute atomic E-state index is 5.71. The Balaban J connectivity index is 2.28. The first-order valence-corrected chi connectivity index (χ1v) is 7.63. The Bertz CT molecular complexity index is 213. The Kier molecular flexibility index (Phi) is 7.20. The molecule has 108 valence electrons. The lowest BCUT2D eigenvalue weighted by molar-refractivity contribution is -0.0000895.